The van der Waals surface area contributed by atoms with E-state index in [2.05, 4.69) is 22.2 Å². The van der Waals surface area contributed by atoms with Crippen molar-refractivity contribution in [2.45, 2.75) is 38.8 Å². The molecule has 5 heteroatoms. The number of nitrogens with zero attached hydrogens (tertiary/aromatic N) is 2. The highest BCUT2D eigenvalue weighted by atomic mass is 16.1. The normalized spacial score (nSPS) is 12.8. The van der Waals surface area contributed by atoms with Gasteiger partial charge >= 0.3 is 0 Å². The number of carbonyl (C=O) groups excluding carboxylic acids is 1. The molecule has 1 amide bonds. The Labute approximate surface area is 121 Å². The van der Waals surface area contributed by atoms with Crippen molar-refractivity contribution in [3.8, 4) is 0 Å². The Balaban J connectivity index is 2.30. The molecular weight excluding hydrogens is 252 g/mol. The van der Waals surface area contributed by atoms with Crippen LogP contribution in [0.4, 0.5) is 0 Å². The van der Waals surface area contributed by atoms with Gasteiger partial charge in [-0.1, -0.05) is 19.9 Å². The van der Waals surface area contributed by atoms with Crippen molar-refractivity contribution in [3.63, 3.8) is 0 Å². The minimum atomic E-state index is -0.281. The highest BCUT2D eigenvalue weighted by Crippen LogP contribution is 2.00. The third kappa shape index (κ3) is 6.63. The van der Waals surface area contributed by atoms with E-state index in [0.29, 0.717) is 0 Å². The maximum atomic E-state index is 11.4. The van der Waals surface area contributed by atoms with Gasteiger partial charge in [0, 0.05) is 30.9 Å². The molecule has 112 valence electrons. The van der Waals surface area contributed by atoms with Crippen LogP contribution >= 0.6 is 0 Å². The van der Waals surface area contributed by atoms with Gasteiger partial charge in [-0.3, -0.25) is 9.78 Å². The molecule has 20 heavy (non-hydrogen) atoms. The van der Waals surface area contributed by atoms with Crippen molar-refractivity contribution in [3.05, 3.63) is 30.1 Å². The lowest BCUT2D eigenvalue weighted by Crippen LogP contribution is -2.46. The number of hydrogen-bond donors (Lipinski definition) is 2. The Morgan fingerprint density at radius 3 is 2.70 bits per heavy atom. The van der Waals surface area contributed by atoms with E-state index in [4.69, 9.17) is 5.73 Å². The van der Waals surface area contributed by atoms with Crippen LogP contribution in [0.3, 0.4) is 0 Å². The summed E-state index contributed by atoms with van der Waals surface area (Å²) in [6, 6.07) is 5.94. The molecule has 5 nitrogen and oxygen atoms in total. The minimum Gasteiger partial charge on any atom is -0.368 e. The molecule has 0 saturated carbocycles. The number of primary amides is 1. The fraction of sp³-hybridized carbons (Fsp3) is 0.600. The molecule has 0 radical (unpaired) electrons. The first-order chi connectivity index (χ1) is 9.49. The Morgan fingerprint density at radius 2 is 2.15 bits per heavy atom. The van der Waals surface area contributed by atoms with E-state index in [1.165, 1.54) is 0 Å². The molecule has 1 rings (SSSR count). The highest BCUT2D eigenvalue weighted by Gasteiger charge is 2.16. The first-order valence-electron chi connectivity index (χ1n) is 7.13. The number of pyridine rings is 1. The molecule has 0 aromatic carbocycles. The van der Waals surface area contributed by atoms with Crippen LogP contribution in [0.5, 0.6) is 0 Å². The first-order valence-corrected chi connectivity index (χ1v) is 7.13. The number of nitrogens with one attached hydrogen (secondary N) is 1. The SMILES string of the molecule is CC(C)NC(CCN(C)CCc1ccccn1)C(N)=O. The maximum Gasteiger partial charge on any atom is 0.234 e. The number of aromatic nitrogens is 1. The second kappa shape index (κ2) is 8.66. The second-order valence-electron chi connectivity index (χ2n) is 5.44. The number of amides is 1. The predicted molar refractivity (Wildman–Crippen MR) is 81.3 cm³/mol. The van der Waals surface area contributed by atoms with Gasteiger partial charge in [0.25, 0.3) is 0 Å². The first kappa shape index (κ1) is 16.6. The highest BCUT2D eigenvalue weighted by molar-refractivity contribution is 5.79. The van der Waals surface area contributed by atoms with E-state index >= 15 is 0 Å². The van der Waals surface area contributed by atoms with Crippen molar-refractivity contribution in [1.82, 2.24) is 15.2 Å². The smallest absolute Gasteiger partial charge is 0.234 e. The molecule has 0 bridgehead atoms. The molecule has 0 aliphatic carbocycles. The second-order valence-corrected chi connectivity index (χ2v) is 5.44. The van der Waals surface area contributed by atoms with Gasteiger partial charge in [0.05, 0.1) is 6.04 Å². The predicted octanol–water partition coefficient (Wildman–Crippen LogP) is 0.798. The molecule has 0 spiro atoms. The van der Waals surface area contributed by atoms with Crippen LogP contribution in [0.2, 0.25) is 0 Å². The van der Waals surface area contributed by atoms with Crippen LogP contribution in [-0.2, 0) is 11.2 Å². The summed E-state index contributed by atoms with van der Waals surface area (Å²) in [5.74, 6) is -0.281. The van der Waals surface area contributed by atoms with E-state index in [1.807, 2.05) is 38.2 Å². The van der Waals surface area contributed by atoms with Gasteiger partial charge in [0.2, 0.25) is 5.91 Å². The fourth-order valence-corrected chi connectivity index (χ4v) is 2.02. The van der Waals surface area contributed by atoms with Crippen LogP contribution in [0.25, 0.3) is 0 Å². The molecule has 1 unspecified atom stereocenters. The average molecular weight is 278 g/mol. The van der Waals surface area contributed by atoms with Gasteiger partial charge in [0.1, 0.15) is 0 Å². The zero-order chi connectivity index (χ0) is 15.0. The van der Waals surface area contributed by atoms with Crippen LogP contribution < -0.4 is 11.1 Å². The van der Waals surface area contributed by atoms with Gasteiger partial charge in [0.15, 0.2) is 0 Å². The summed E-state index contributed by atoms with van der Waals surface area (Å²) in [5.41, 5.74) is 6.50. The maximum absolute atomic E-state index is 11.4. The zero-order valence-electron chi connectivity index (χ0n) is 12.7. The van der Waals surface area contributed by atoms with Crippen molar-refractivity contribution >= 4 is 5.91 Å². The fourth-order valence-electron chi connectivity index (χ4n) is 2.02. The molecule has 1 atom stereocenters. The Hall–Kier alpha value is -1.46. The van der Waals surface area contributed by atoms with E-state index in [1.54, 1.807) is 0 Å². The standard InChI is InChI=1S/C15H26N4O/c1-12(2)18-14(15(16)20)8-11-19(3)10-7-13-6-4-5-9-17-13/h4-6,9,12,14,18H,7-8,10-11H2,1-3H3,(H2,16,20). The molecule has 0 aliphatic rings. The number of hydrogen-bond acceptors (Lipinski definition) is 4. The van der Waals surface area contributed by atoms with E-state index in [9.17, 15) is 4.79 Å². The lowest BCUT2D eigenvalue weighted by molar-refractivity contribution is -0.120. The topological polar surface area (TPSA) is 71.2 Å². The number of likely N-dealkylation sites (N-methyl/N-ethyl adjacent to an activating group) is 1. The van der Waals surface area contributed by atoms with E-state index < -0.39 is 0 Å². The summed E-state index contributed by atoms with van der Waals surface area (Å²) in [6.07, 6.45) is 3.45. The Morgan fingerprint density at radius 1 is 1.40 bits per heavy atom. The Bertz CT molecular complexity index is 394. The monoisotopic (exact) mass is 278 g/mol. The summed E-state index contributed by atoms with van der Waals surface area (Å²) in [6.45, 7) is 5.78. The van der Waals surface area contributed by atoms with Gasteiger partial charge in [-0.15, -0.1) is 0 Å². The third-order valence-electron chi connectivity index (χ3n) is 3.15. The summed E-state index contributed by atoms with van der Waals surface area (Å²) in [7, 11) is 2.05. The van der Waals surface area contributed by atoms with Crippen molar-refractivity contribution in [1.29, 1.82) is 0 Å². The molecule has 1 heterocycles. The largest absolute Gasteiger partial charge is 0.368 e. The summed E-state index contributed by atoms with van der Waals surface area (Å²) in [4.78, 5) is 17.9. The lowest BCUT2D eigenvalue weighted by Gasteiger charge is -2.22. The summed E-state index contributed by atoms with van der Waals surface area (Å²) >= 11 is 0. The number of nitrogens with two attached hydrogens (primary N) is 1. The molecule has 3 N–H and O–H groups in total. The molecular formula is C15H26N4O. The van der Waals surface area contributed by atoms with E-state index in [0.717, 1.165) is 31.6 Å². The lowest BCUT2D eigenvalue weighted by atomic mass is 10.1. The molecule has 0 aliphatic heterocycles. The minimum absolute atomic E-state index is 0.256. The van der Waals surface area contributed by atoms with Crippen LogP contribution in [0.1, 0.15) is 26.0 Å². The van der Waals surface area contributed by atoms with Crippen LogP contribution in [0.15, 0.2) is 24.4 Å². The molecule has 1 aromatic rings. The number of rotatable bonds is 9. The quantitative estimate of drug-likeness (QED) is 0.701. The third-order valence-corrected chi connectivity index (χ3v) is 3.15. The molecule has 0 saturated heterocycles. The van der Waals surface area contributed by atoms with E-state index in [-0.39, 0.29) is 18.0 Å². The summed E-state index contributed by atoms with van der Waals surface area (Å²) in [5, 5.41) is 3.19. The summed E-state index contributed by atoms with van der Waals surface area (Å²) < 4.78 is 0. The van der Waals surface area contributed by atoms with Crippen molar-refractivity contribution in [2.24, 2.45) is 5.73 Å². The van der Waals surface area contributed by atoms with Gasteiger partial charge in [-0.05, 0) is 32.1 Å². The average Bonchev–Trinajstić information content (AvgIpc) is 2.41. The van der Waals surface area contributed by atoms with Crippen LogP contribution in [-0.4, -0.2) is 48.0 Å². The molecule has 0 fully saturated rings. The van der Waals surface area contributed by atoms with Gasteiger partial charge in [-0.2, -0.15) is 0 Å². The van der Waals surface area contributed by atoms with Crippen molar-refractivity contribution < 1.29 is 4.79 Å². The zero-order valence-corrected chi connectivity index (χ0v) is 12.7. The number of carbonyl (C=O) groups is 1. The van der Waals surface area contributed by atoms with Crippen LogP contribution in [0, 0.1) is 0 Å². The van der Waals surface area contributed by atoms with Crippen molar-refractivity contribution in [2.75, 3.05) is 20.1 Å². The van der Waals surface area contributed by atoms with Gasteiger partial charge < -0.3 is 16.0 Å². The Kier molecular flexibility index (Phi) is 7.18. The molecule has 1 aromatic heterocycles. The van der Waals surface area contributed by atoms with Gasteiger partial charge in [-0.25, -0.2) is 0 Å².